The summed E-state index contributed by atoms with van der Waals surface area (Å²) in [4.78, 5) is 0. The van der Waals surface area contributed by atoms with E-state index in [1.54, 1.807) is 5.57 Å². The Labute approximate surface area is 185 Å². The summed E-state index contributed by atoms with van der Waals surface area (Å²) in [6.45, 7) is 13.7. The first-order chi connectivity index (χ1) is 13.9. The van der Waals surface area contributed by atoms with Gasteiger partial charge < -0.3 is 10.2 Å². The lowest BCUT2D eigenvalue weighted by molar-refractivity contribution is -0.0771. The Morgan fingerprint density at radius 1 is 1.13 bits per heavy atom. The van der Waals surface area contributed by atoms with Crippen LogP contribution in [0.5, 0.6) is 0 Å². The molecule has 172 valence electrons. The third-order valence-electron chi connectivity index (χ3n) is 10.8. The molecule has 2 N–H and O–H groups in total. The Bertz CT molecular complexity index is 675. The number of hydrogen-bond acceptors (Lipinski definition) is 2. The summed E-state index contributed by atoms with van der Waals surface area (Å²) >= 11 is 0. The van der Waals surface area contributed by atoms with Crippen LogP contribution in [0.15, 0.2) is 11.6 Å². The van der Waals surface area contributed by atoms with Crippen LogP contribution in [-0.2, 0) is 0 Å². The largest absolute Gasteiger partial charge is 0.390 e. The second-order valence-electron chi connectivity index (χ2n) is 13.1. The normalized spacial score (nSPS) is 47.1. The molecule has 0 bridgehead atoms. The fraction of sp³-hybridized carbons (Fsp3) is 0.929. The van der Waals surface area contributed by atoms with Gasteiger partial charge in [-0.15, -0.1) is 0 Å². The van der Waals surface area contributed by atoms with Crippen molar-refractivity contribution in [1.82, 2.24) is 0 Å². The Kier molecular flexibility index (Phi) is 5.80. The molecule has 0 aromatic carbocycles. The molecule has 5 unspecified atom stereocenters. The van der Waals surface area contributed by atoms with Crippen molar-refractivity contribution in [2.75, 3.05) is 0 Å². The monoisotopic (exact) mass is 416 g/mol. The lowest BCUT2D eigenvalue weighted by Gasteiger charge is -2.58. The van der Waals surface area contributed by atoms with Gasteiger partial charge in [0.05, 0.1) is 11.2 Å². The lowest BCUT2D eigenvalue weighted by Crippen LogP contribution is -2.51. The highest BCUT2D eigenvalue weighted by atomic mass is 16.3. The smallest absolute Gasteiger partial charge is 0.0648 e. The molecule has 4 aliphatic carbocycles. The molecule has 30 heavy (non-hydrogen) atoms. The SMILES string of the molecule is CC[C@]1(O)CCC2(C)C3=CCC4(C)C(CCC4[C@H](C)CCC(C)(C)O)C3CC[C@H]2C1. The fourth-order valence-corrected chi connectivity index (χ4v) is 8.67. The van der Waals surface area contributed by atoms with Crippen LogP contribution in [0.1, 0.15) is 112 Å². The zero-order valence-corrected chi connectivity index (χ0v) is 20.6. The Morgan fingerprint density at radius 3 is 2.53 bits per heavy atom. The molecule has 8 atom stereocenters. The molecule has 4 rings (SSSR count). The van der Waals surface area contributed by atoms with Crippen LogP contribution in [-0.4, -0.2) is 21.4 Å². The van der Waals surface area contributed by atoms with Gasteiger partial charge >= 0.3 is 0 Å². The van der Waals surface area contributed by atoms with Crippen molar-refractivity contribution in [2.24, 2.45) is 40.4 Å². The van der Waals surface area contributed by atoms with Gasteiger partial charge in [-0.2, -0.15) is 0 Å². The predicted octanol–water partition coefficient (Wildman–Crippen LogP) is 6.89. The van der Waals surface area contributed by atoms with Crippen LogP contribution in [0.3, 0.4) is 0 Å². The molecule has 0 spiro atoms. The molecule has 3 saturated carbocycles. The van der Waals surface area contributed by atoms with Crippen molar-refractivity contribution < 1.29 is 10.2 Å². The molecule has 0 aromatic heterocycles. The van der Waals surface area contributed by atoms with Crippen LogP contribution in [0, 0.1) is 40.4 Å². The number of allylic oxidation sites excluding steroid dienone is 2. The Morgan fingerprint density at radius 2 is 1.87 bits per heavy atom. The van der Waals surface area contributed by atoms with E-state index in [9.17, 15) is 10.2 Å². The highest BCUT2D eigenvalue weighted by Gasteiger charge is 2.58. The second-order valence-corrected chi connectivity index (χ2v) is 13.1. The molecule has 0 aromatic rings. The van der Waals surface area contributed by atoms with Crippen molar-refractivity contribution in [3.05, 3.63) is 11.6 Å². The van der Waals surface area contributed by atoms with Crippen molar-refractivity contribution in [3.8, 4) is 0 Å². The lowest BCUT2D eigenvalue weighted by atomic mass is 9.47. The quantitative estimate of drug-likeness (QED) is 0.479. The maximum absolute atomic E-state index is 11.0. The maximum atomic E-state index is 11.0. The average molecular weight is 417 g/mol. The fourth-order valence-electron chi connectivity index (χ4n) is 8.67. The number of hydrogen-bond donors (Lipinski definition) is 2. The minimum Gasteiger partial charge on any atom is -0.390 e. The molecule has 2 nitrogen and oxygen atoms in total. The van der Waals surface area contributed by atoms with Gasteiger partial charge in [0.1, 0.15) is 0 Å². The summed E-state index contributed by atoms with van der Waals surface area (Å²) in [5.74, 6) is 3.79. The van der Waals surface area contributed by atoms with Crippen molar-refractivity contribution >= 4 is 0 Å². The van der Waals surface area contributed by atoms with Gasteiger partial charge in [0.2, 0.25) is 0 Å². The molecule has 2 heteroatoms. The molecular formula is C28H48O2. The van der Waals surface area contributed by atoms with Crippen LogP contribution in [0.4, 0.5) is 0 Å². The van der Waals surface area contributed by atoms with Crippen LogP contribution >= 0.6 is 0 Å². The summed E-state index contributed by atoms with van der Waals surface area (Å²) in [6.07, 6.45) is 15.5. The van der Waals surface area contributed by atoms with Gasteiger partial charge in [0, 0.05) is 0 Å². The molecule has 0 heterocycles. The van der Waals surface area contributed by atoms with E-state index in [1.165, 1.54) is 38.5 Å². The predicted molar refractivity (Wildman–Crippen MR) is 125 cm³/mol. The van der Waals surface area contributed by atoms with Gasteiger partial charge in [-0.05, 0) is 125 Å². The first-order valence-electron chi connectivity index (χ1n) is 13.1. The maximum Gasteiger partial charge on any atom is 0.0648 e. The zero-order valence-electron chi connectivity index (χ0n) is 20.6. The third-order valence-corrected chi connectivity index (χ3v) is 10.8. The van der Waals surface area contributed by atoms with Gasteiger partial charge in [0.15, 0.2) is 0 Å². The molecule has 3 fully saturated rings. The minimum absolute atomic E-state index is 0.330. The minimum atomic E-state index is -0.540. The molecule has 0 radical (unpaired) electrons. The zero-order chi connectivity index (χ0) is 21.9. The summed E-state index contributed by atoms with van der Waals surface area (Å²) in [6, 6.07) is 0. The van der Waals surface area contributed by atoms with Gasteiger partial charge in [-0.1, -0.05) is 39.3 Å². The van der Waals surface area contributed by atoms with E-state index in [0.29, 0.717) is 22.7 Å². The summed E-state index contributed by atoms with van der Waals surface area (Å²) in [5.41, 5.74) is 1.62. The van der Waals surface area contributed by atoms with E-state index < -0.39 is 11.2 Å². The molecule has 4 aliphatic rings. The summed E-state index contributed by atoms with van der Waals surface area (Å²) in [5, 5.41) is 21.2. The highest BCUT2D eigenvalue weighted by Crippen LogP contribution is 2.67. The highest BCUT2D eigenvalue weighted by molar-refractivity contribution is 5.29. The van der Waals surface area contributed by atoms with Gasteiger partial charge in [-0.25, -0.2) is 0 Å². The molecule has 0 saturated heterocycles. The first kappa shape index (κ1) is 22.8. The van der Waals surface area contributed by atoms with E-state index in [4.69, 9.17) is 0 Å². The number of rotatable bonds is 5. The number of fused-ring (bicyclic) bond motifs is 5. The standard InChI is InChI=1S/C28H48O2/c1-7-28(30)17-16-26(5)20(18-28)8-9-21-23-11-10-22(19(2)12-14-25(3,4)29)27(23,6)15-13-24(21)26/h13,19-23,29-30H,7-12,14-18H2,1-6H3/t19-,20+,21?,22?,23?,26?,27?,28+/m1/s1. The average Bonchev–Trinajstić information content (AvgIpc) is 3.03. The number of aliphatic hydroxyl groups is 2. The van der Waals surface area contributed by atoms with E-state index in [0.717, 1.165) is 49.9 Å². The second kappa shape index (κ2) is 7.62. The van der Waals surface area contributed by atoms with Crippen molar-refractivity contribution in [2.45, 2.75) is 123 Å². The summed E-state index contributed by atoms with van der Waals surface area (Å²) < 4.78 is 0. The van der Waals surface area contributed by atoms with E-state index in [1.807, 2.05) is 13.8 Å². The summed E-state index contributed by atoms with van der Waals surface area (Å²) in [7, 11) is 0. The van der Waals surface area contributed by atoms with Crippen LogP contribution in [0.25, 0.3) is 0 Å². The van der Waals surface area contributed by atoms with E-state index in [2.05, 4.69) is 33.8 Å². The first-order valence-corrected chi connectivity index (χ1v) is 13.1. The van der Waals surface area contributed by atoms with Gasteiger partial charge in [0.25, 0.3) is 0 Å². The molecule has 0 amide bonds. The Balaban J connectivity index is 1.54. The topological polar surface area (TPSA) is 40.5 Å². The van der Waals surface area contributed by atoms with E-state index in [-0.39, 0.29) is 0 Å². The Hall–Kier alpha value is -0.340. The van der Waals surface area contributed by atoms with Crippen molar-refractivity contribution in [3.63, 3.8) is 0 Å². The van der Waals surface area contributed by atoms with Gasteiger partial charge in [-0.3, -0.25) is 0 Å². The molecule has 0 aliphatic heterocycles. The van der Waals surface area contributed by atoms with E-state index >= 15 is 0 Å². The van der Waals surface area contributed by atoms with Crippen LogP contribution < -0.4 is 0 Å². The van der Waals surface area contributed by atoms with Crippen molar-refractivity contribution in [1.29, 1.82) is 0 Å². The third kappa shape index (κ3) is 3.72. The molecular weight excluding hydrogens is 368 g/mol. The van der Waals surface area contributed by atoms with Crippen LogP contribution in [0.2, 0.25) is 0 Å².